The van der Waals surface area contributed by atoms with Crippen LogP contribution in [0, 0.1) is 11.3 Å². The molecule has 5 heteroatoms. The zero-order valence-corrected chi connectivity index (χ0v) is 14.5. The highest BCUT2D eigenvalue weighted by molar-refractivity contribution is 5.74. The van der Waals surface area contributed by atoms with Gasteiger partial charge >= 0.3 is 6.03 Å². The second kappa shape index (κ2) is 7.64. The number of rotatable bonds is 5. The number of ether oxygens (including phenoxy) is 2. The predicted octanol–water partition coefficient (Wildman–Crippen LogP) is 2.69. The molecule has 2 saturated heterocycles. The van der Waals surface area contributed by atoms with Gasteiger partial charge in [-0.05, 0) is 31.1 Å². The Balaban J connectivity index is 1.77. The summed E-state index contributed by atoms with van der Waals surface area (Å²) in [5, 5.41) is 6.10. The molecule has 2 N–H and O–H groups in total. The van der Waals surface area contributed by atoms with E-state index < -0.39 is 0 Å². The topological polar surface area (TPSA) is 59.6 Å². The molecule has 2 unspecified atom stereocenters. The van der Waals surface area contributed by atoms with Crippen LogP contribution in [-0.4, -0.2) is 44.0 Å². The lowest BCUT2D eigenvalue weighted by molar-refractivity contribution is 0.00768. The molecule has 2 rings (SSSR count). The summed E-state index contributed by atoms with van der Waals surface area (Å²) in [6.45, 7) is 11.0. The van der Waals surface area contributed by atoms with Gasteiger partial charge in [-0.25, -0.2) is 4.79 Å². The highest BCUT2D eigenvalue weighted by atomic mass is 16.5. The van der Waals surface area contributed by atoms with Crippen LogP contribution in [0.15, 0.2) is 0 Å². The monoisotopic (exact) mass is 312 g/mol. The van der Waals surface area contributed by atoms with Gasteiger partial charge in [-0.1, -0.05) is 27.7 Å². The van der Waals surface area contributed by atoms with E-state index in [1.807, 2.05) is 0 Å². The van der Waals surface area contributed by atoms with Crippen molar-refractivity contribution in [1.82, 2.24) is 10.6 Å². The summed E-state index contributed by atoms with van der Waals surface area (Å²) in [6.07, 6.45) is 4.44. The maximum absolute atomic E-state index is 12.2. The summed E-state index contributed by atoms with van der Waals surface area (Å²) in [5.41, 5.74) is 0.114. The Bertz CT molecular complexity index is 361. The zero-order valence-electron chi connectivity index (χ0n) is 14.5. The minimum Gasteiger partial charge on any atom is -0.377 e. The van der Waals surface area contributed by atoms with E-state index in [1.165, 1.54) is 0 Å². The van der Waals surface area contributed by atoms with E-state index in [9.17, 15) is 4.79 Å². The molecule has 0 saturated carbocycles. The number of hydrogen-bond acceptors (Lipinski definition) is 3. The van der Waals surface area contributed by atoms with Gasteiger partial charge in [-0.15, -0.1) is 0 Å². The molecule has 2 aliphatic heterocycles. The van der Waals surface area contributed by atoms with Gasteiger partial charge in [0.1, 0.15) is 0 Å². The van der Waals surface area contributed by atoms with Gasteiger partial charge in [0.15, 0.2) is 0 Å². The molecular weight excluding hydrogens is 280 g/mol. The summed E-state index contributed by atoms with van der Waals surface area (Å²) in [7, 11) is 0. The highest BCUT2D eigenvalue weighted by Crippen LogP contribution is 2.34. The number of urea groups is 1. The van der Waals surface area contributed by atoms with Gasteiger partial charge in [0.05, 0.1) is 18.2 Å². The quantitative estimate of drug-likeness (QED) is 0.820. The van der Waals surface area contributed by atoms with Crippen molar-refractivity contribution in [2.75, 3.05) is 19.8 Å². The van der Waals surface area contributed by atoms with E-state index in [-0.39, 0.29) is 29.7 Å². The van der Waals surface area contributed by atoms with Crippen LogP contribution in [0.1, 0.15) is 53.4 Å². The van der Waals surface area contributed by atoms with Gasteiger partial charge in [0, 0.05) is 25.7 Å². The van der Waals surface area contributed by atoms with Gasteiger partial charge in [-0.2, -0.15) is 0 Å². The number of amides is 2. The van der Waals surface area contributed by atoms with Crippen LogP contribution in [0.2, 0.25) is 0 Å². The van der Waals surface area contributed by atoms with Crippen LogP contribution in [-0.2, 0) is 9.47 Å². The molecule has 0 aromatic heterocycles. The SMILES string of the molecule is CCC(NC(=O)NC[C@H]1CCO[C@@H]1C(C)(C)C)C1CCCO1. The van der Waals surface area contributed by atoms with Crippen molar-refractivity contribution < 1.29 is 14.3 Å². The van der Waals surface area contributed by atoms with Crippen molar-refractivity contribution in [2.24, 2.45) is 11.3 Å². The molecule has 2 fully saturated rings. The Labute approximate surface area is 134 Å². The maximum Gasteiger partial charge on any atom is 0.315 e. The smallest absolute Gasteiger partial charge is 0.315 e. The third kappa shape index (κ3) is 4.59. The number of nitrogens with one attached hydrogen (secondary N) is 2. The minimum atomic E-state index is -0.0816. The average molecular weight is 312 g/mol. The summed E-state index contributed by atoms with van der Waals surface area (Å²) in [4.78, 5) is 12.2. The lowest BCUT2D eigenvalue weighted by atomic mass is 9.81. The number of hydrogen-bond donors (Lipinski definition) is 2. The lowest BCUT2D eigenvalue weighted by Gasteiger charge is -2.31. The van der Waals surface area contributed by atoms with Crippen molar-refractivity contribution in [3.05, 3.63) is 0 Å². The largest absolute Gasteiger partial charge is 0.377 e. The Kier molecular flexibility index (Phi) is 6.09. The van der Waals surface area contributed by atoms with E-state index >= 15 is 0 Å². The molecule has 4 atom stereocenters. The zero-order chi connectivity index (χ0) is 16.2. The summed E-state index contributed by atoms with van der Waals surface area (Å²) < 4.78 is 11.5. The van der Waals surface area contributed by atoms with Crippen LogP contribution in [0.4, 0.5) is 4.79 Å². The standard InChI is InChI=1S/C17H32N2O3/c1-5-13(14-7-6-9-21-14)19-16(20)18-11-12-8-10-22-15(12)17(2,3)4/h12-15H,5-11H2,1-4H3,(H2,18,19,20)/t12-,13?,14?,15+/m1/s1. The molecule has 2 heterocycles. The Morgan fingerprint density at radius 1 is 1.23 bits per heavy atom. The molecule has 22 heavy (non-hydrogen) atoms. The summed E-state index contributed by atoms with van der Waals surface area (Å²) >= 11 is 0. The van der Waals surface area contributed by atoms with Crippen LogP contribution in [0.5, 0.6) is 0 Å². The molecule has 0 spiro atoms. The van der Waals surface area contributed by atoms with Crippen LogP contribution >= 0.6 is 0 Å². The third-order valence-electron chi connectivity index (χ3n) is 4.76. The van der Waals surface area contributed by atoms with Crippen molar-refractivity contribution >= 4 is 6.03 Å². The number of carbonyl (C=O) groups is 1. The Morgan fingerprint density at radius 2 is 2.00 bits per heavy atom. The third-order valence-corrected chi connectivity index (χ3v) is 4.76. The van der Waals surface area contributed by atoms with Crippen molar-refractivity contribution in [1.29, 1.82) is 0 Å². The molecule has 2 aliphatic rings. The first-order valence-electron chi connectivity index (χ1n) is 8.69. The molecule has 0 radical (unpaired) electrons. The van der Waals surface area contributed by atoms with Crippen LogP contribution in [0.25, 0.3) is 0 Å². The van der Waals surface area contributed by atoms with E-state index in [2.05, 4.69) is 38.3 Å². The van der Waals surface area contributed by atoms with E-state index in [1.54, 1.807) is 0 Å². The van der Waals surface area contributed by atoms with Gasteiger partial charge < -0.3 is 20.1 Å². The van der Waals surface area contributed by atoms with E-state index in [4.69, 9.17) is 9.47 Å². The van der Waals surface area contributed by atoms with Gasteiger partial charge in [-0.3, -0.25) is 0 Å². The first-order valence-corrected chi connectivity index (χ1v) is 8.69. The molecule has 0 aromatic carbocycles. The minimum absolute atomic E-state index is 0.0816. The fourth-order valence-corrected chi connectivity index (χ4v) is 3.62. The molecule has 0 bridgehead atoms. The fourth-order valence-electron chi connectivity index (χ4n) is 3.62. The van der Waals surface area contributed by atoms with Gasteiger partial charge in [0.25, 0.3) is 0 Å². The summed E-state index contributed by atoms with van der Waals surface area (Å²) in [5.74, 6) is 0.397. The predicted molar refractivity (Wildman–Crippen MR) is 86.9 cm³/mol. The number of carbonyl (C=O) groups excluding carboxylic acids is 1. The average Bonchev–Trinajstić information content (AvgIpc) is 3.12. The first-order chi connectivity index (χ1) is 10.4. The molecular formula is C17H32N2O3. The molecule has 128 valence electrons. The molecule has 0 aromatic rings. The highest BCUT2D eigenvalue weighted by Gasteiger charge is 2.37. The fraction of sp³-hybridized carbons (Fsp3) is 0.941. The Hall–Kier alpha value is -0.810. The second-order valence-corrected chi connectivity index (χ2v) is 7.63. The maximum atomic E-state index is 12.2. The lowest BCUT2D eigenvalue weighted by Crippen LogP contribution is -2.49. The van der Waals surface area contributed by atoms with Gasteiger partial charge in [0.2, 0.25) is 0 Å². The van der Waals surface area contributed by atoms with Crippen LogP contribution in [0.3, 0.4) is 0 Å². The van der Waals surface area contributed by atoms with Crippen molar-refractivity contribution in [2.45, 2.75) is 71.6 Å². The normalized spacial score (nSPS) is 30.3. The van der Waals surface area contributed by atoms with Crippen LogP contribution < -0.4 is 10.6 Å². The second-order valence-electron chi connectivity index (χ2n) is 7.63. The molecule has 0 aliphatic carbocycles. The van der Waals surface area contributed by atoms with Crippen molar-refractivity contribution in [3.8, 4) is 0 Å². The molecule has 2 amide bonds. The Morgan fingerprint density at radius 3 is 2.59 bits per heavy atom. The van der Waals surface area contributed by atoms with E-state index in [0.29, 0.717) is 12.5 Å². The molecule has 5 nitrogen and oxygen atoms in total. The summed E-state index contributed by atoms with van der Waals surface area (Å²) in [6, 6.07) is 0.0302. The van der Waals surface area contributed by atoms with Crippen molar-refractivity contribution in [3.63, 3.8) is 0 Å². The first kappa shape index (κ1) is 17.5. The van der Waals surface area contributed by atoms with E-state index in [0.717, 1.165) is 38.9 Å².